The third kappa shape index (κ3) is 3.67. The summed E-state index contributed by atoms with van der Waals surface area (Å²) in [6, 6.07) is -1.19. The Bertz CT molecular complexity index is 360. The number of hydrogen-bond acceptors (Lipinski definition) is 5. The van der Waals surface area contributed by atoms with Crippen LogP contribution in [-0.2, 0) is 0 Å². The molecule has 0 radical (unpaired) electrons. The van der Waals surface area contributed by atoms with Gasteiger partial charge in [-0.15, -0.1) is 17.5 Å². The number of nitrogens with one attached hydrogen (secondary N) is 1. The Morgan fingerprint density at radius 1 is 1.44 bits per heavy atom. The molecule has 0 unspecified atom stereocenters. The molecule has 8 heteroatoms. The van der Waals surface area contributed by atoms with Crippen molar-refractivity contribution in [1.29, 1.82) is 0 Å². The lowest BCUT2D eigenvalue weighted by Crippen LogP contribution is -2.26. The van der Waals surface area contributed by atoms with Gasteiger partial charge in [0, 0.05) is 0 Å². The van der Waals surface area contributed by atoms with Crippen LogP contribution in [-0.4, -0.2) is 16.2 Å². The van der Waals surface area contributed by atoms with Crippen LogP contribution in [0.25, 0.3) is 0 Å². The third-order valence-electron chi connectivity index (χ3n) is 1.87. The lowest BCUT2D eigenvalue weighted by molar-refractivity contribution is 0.258. The summed E-state index contributed by atoms with van der Waals surface area (Å²) in [5, 5.41) is 9.48. The molecule has 1 rings (SSSR count). The highest BCUT2D eigenvalue weighted by Gasteiger charge is 2.27. The van der Waals surface area contributed by atoms with E-state index in [1.165, 1.54) is 0 Å². The number of carbonyl (C=O) groups excluding carboxylic acids is 1. The molecule has 0 aliphatic carbocycles. The van der Waals surface area contributed by atoms with Gasteiger partial charge in [-0.25, -0.2) is 4.79 Å². The molecule has 1 aromatic rings. The number of nitrogens with zero attached hydrogens (tertiary/aromatic N) is 2. The number of anilines is 1. The number of urea groups is 1. The fourth-order valence-corrected chi connectivity index (χ4v) is 0.887. The molecule has 0 bridgehead atoms. The number of halogens is 1. The second kappa shape index (κ2) is 5.13. The molecule has 0 saturated heterocycles. The van der Waals surface area contributed by atoms with Crippen molar-refractivity contribution in [3.05, 3.63) is 5.89 Å². The second-order valence-electron chi connectivity index (χ2n) is 4.28. The van der Waals surface area contributed by atoms with Crippen molar-refractivity contribution < 1.29 is 9.21 Å². The third-order valence-corrected chi connectivity index (χ3v) is 1.87. The van der Waals surface area contributed by atoms with E-state index < -0.39 is 12.1 Å². The van der Waals surface area contributed by atoms with Crippen molar-refractivity contribution in [2.24, 2.45) is 16.9 Å². The number of nitrogens with two attached hydrogens (primary N) is 2. The van der Waals surface area contributed by atoms with Crippen molar-refractivity contribution in [2.75, 3.05) is 5.32 Å². The Morgan fingerprint density at radius 2 is 2.00 bits per heavy atom. The van der Waals surface area contributed by atoms with Crippen LogP contribution in [0.2, 0.25) is 0 Å². The molecule has 0 aliphatic rings. The molecule has 1 aromatic heterocycles. The number of hydrogen-bond donors (Lipinski definition) is 3. The standard InChI is InChI=1S/C8H15N5O2.ClH/c1-8(2,3)4(9)5-12-13-7(15-5)11-6(10)14;/h4H,9H2,1-3H3,(H3,10,11,13,14);1H/t4-;/m1./s1. The summed E-state index contributed by atoms with van der Waals surface area (Å²) < 4.78 is 5.12. The quantitative estimate of drug-likeness (QED) is 0.723. The maximum Gasteiger partial charge on any atom is 0.323 e. The summed E-state index contributed by atoms with van der Waals surface area (Å²) in [4.78, 5) is 10.5. The molecule has 0 aromatic carbocycles. The highest BCUT2D eigenvalue weighted by atomic mass is 35.5. The van der Waals surface area contributed by atoms with Crippen molar-refractivity contribution >= 4 is 24.5 Å². The maximum absolute atomic E-state index is 10.5. The van der Waals surface area contributed by atoms with E-state index in [1.807, 2.05) is 20.8 Å². The summed E-state index contributed by atoms with van der Waals surface area (Å²) in [6.07, 6.45) is 0. The SMILES string of the molecule is CC(C)(C)[C@H](N)c1nnc(NC(N)=O)o1.Cl. The van der Waals surface area contributed by atoms with E-state index in [2.05, 4.69) is 15.5 Å². The largest absolute Gasteiger partial charge is 0.406 e. The maximum atomic E-state index is 10.5. The van der Waals surface area contributed by atoms with Crippen LogP contribution >= 0.6 is 12.4 Å². The Labute approximate surface area is 99.4 Å². The first kappa shape index (κ1) is 14.7. The number of amides is 2. The Morgan fingerprint density at radius 3 is 2.44 bits per heavy atom. The van der Waals surface area contributed by atoms with Gasteiger partial charge in [-0.1, -0.05) is 25.9 Å². The zero-order chi connectivity index (χ0) is 11.6. The predicted octanol–water partition coefficient (Wildman–Crippen LogP) is 1.03. The van der Waals surface area contributed by atoms with Gasteiger partial charge in [0.15, 0.2) is 0 Å². The Kier molecular flexibility index (Phi) is 4.70. The van der Waals surface area contributed by atoms with Gasteiger partial charge in [-0.3, -0.25) is 5.32 Å². The monoisotopic (exact) mass is 249 g/mol. The van der Waals surface area contributed by atoms with Gasteiger partial charge in [-0.05, 0) is 5.41 Å². The van der Waals surface area contributed by atoms with Crippen molar-refractivity contribution in [1.82, 2.24) is 10.2 Å². The fourth-order valence-electron chi connectivity index (χ4n) is 0.887. The summed E-state index contributed by atoms with van der Waals surface area (Å²) in [7, 11) is 0. The van der Waals surface area contributed by atoms with Crippen LogP contribution in [0.4, 0.5) is 10.8 Å². The van der Waals surface area contributed by atoms with Gasteiger partial charge in [0.1, 0.15) is 0 Å². The van der Waals surface area contributed by atoms with Crippen LogP contribution in [0.5, 0.6) is 0 Å². The van der Waals surface area contributed by atoms with Gasteiger partial charge in [-0.2, -0.15) is 0 Å². The summed E-state index contributed by atoms with van der Waals surface area (Å²) in [5.41, 5.74) is 10.6. The molecule has 0 saturated carbocycles. The van der Waals surface area contributed by atoms with E-state index in [0.29, 0.717) is 0 Å². The van der Waals surface area contributed by atoms with E-state index in [4.69, 9.17) is 15.9 Å². The molecule has 2 amide bonds. The first-order valence-corrected chi connectivity index (χ1v) is 4.46. The molecule has 0 fully saturated rings. The molecule has 1 heterocycles. The van der Waals surface area contributed by atoms with Crippen molar-refractivity contribution in [3.63, 3.8) is 0 Å². The van der Waals surface area contributed by atoms with Crippen LogP contribution in [0.1, 0.15) is 32.7 Å². The van der Waals surface area contributed by atoms with Crippen LogP contribution in [0.3, 0.4) is 0 Å². The van der Waals surface area contributed by atoms with Gasteiger partial charge in [0.25, 0.3) is 0 Å². The normalized spacial score (nSPS) is 12.8. The second-order valence-corrected chi connectivity index (χ2v) is 4.28. The highest BCUT2D eigenvalue weighted by Crippen LogP contribution is 2.29. The Balaban J connectivity index is 0.00000225. The van der Waals surface area contributed by atoms with Crippen LogP contribution < -0.4 is 16.8 Å². The molecule has 16 heavy (non-hydrogen) atoms. The van der Waals surface area contributed by atoms with Gasteiger partial charge in [0.2, 0.25) is 5.89 Å². The van der Waals surface area contributed by atoms with Crippen molar-refractivity contribution in [2.45, 2.75) is 26.8 Å². The predicted molar refractivity (Wildman–Crippen MR) is 61.1 cm³/mol. The minimum Gasteiger partial charge on any atom is -0.406 e. The van der Waals surface area contributed by atoms with Gasteiger partial charge in [0.05, 0.1) is 6.04 Å². The van der Waals surface area contributed by atoms with Crippen molar-refractivity contribution in [3.8, 4) is 0 Å². The average Bonchev–Trinajstić information content (AvgIpc) is 2.48. The summed E-state index contributed by atoms with van der Waals surface area (Å²) >= 11 is 0. The lowest BCUT2D eigenvalue weighted by Gasteiger charge is -2.23. The zero-order valence-corrected chi connectivity index (χ0v) is 10.2. The molecular formula is C8H16ClN5O2. The Hall–Kier alpha value is -1.34. The van der Waals surface area contributed by atoms with Crippen LogP contribution in [0.15, 0.2) is 4.42 Å². The molecule has 5 N–H and O–H groups in total. The van der Waals surface area contributed by atoms with E-state index in [0.717, 1.165) is 0 Å². The number of carbonyl (C=O) groups is 1. The van der Waals surface area contributed by atoms with Gasteiger partial charge >= 0.3 is 12.0 Å². The summed E-state index contributed by atoms with van der Waals surface area (Å²) in [6.45, 7) is 5.84. The molecule has 0 aliphatic heterocycles. The average molecular weight is 250 g/mol. The van der Waals surface area contributed by atoms with E-state index in [9.17, 15) is 4.79 Å². The van der Waals surface area contributed by atoms with Crippen LogP contribution in [0, 0.1) is 5.41 Å². The fraction of sp³-hybridized carbons (Fsp3) is 0.625. The zero-order valence-electron chi connectivity index (χ0n) is 9.35. The topological polar surface area (TPSA) is 120 Å². The smallest absolute Gasteiger partial charge is 0.323 e. The first-order valence-electron chi connectivity index (χ1n) is 4.46. The lowest BCUT2D eigenvalue weighted by atomic mass is 9.87. The van der Waals surface area contributed by atoms with E-state index in [1.54, 1.807) is 0 Å². The molecule has 1 atom stereocenters. The summed E-state index contributed by atoms with van der Waals surface area (Å²) in [5.74, 6) is 0.270. The minimum atomic E-state index is -0.755. The number of rotatable bonds is 2. The van der Waals surface area contributed by atoms with E-state index >= 15 is 0 Å². The number of aromatic nitrogens is 2. The molecule has 7 nitrogen and oxygen atoms in total. The minimum absolute atomic E-state index is 0. The molecule has 92 valence electrons. The molecule has 0 spiro atoms. The highest BCUT2D eigenvalue weighted by molar-refractivity contribution is 5.85. The number of primary amides is 1. The first-order chi connectivity index (χ1) is 6.80. The van der Waals surface area contributed by atoms with Gasteiger partial charge < -0.3 is 15.9 Å². The van der Waals surface area contributed by atoms with E-state index in [-0.39, 0.29) is 29.7 Å². The molecular weight excluding hydrogens is 234 g/mol.